The molecule has 3 rings (SSSR count). The lowest BCUT2D eigenvalue weighted by Crippen LogP contribution is -2.15. The number of halogens is 1. The SMILES string of the molecule is O=[N+]([O-])c1ccc(NN=Cc2ccc(O)cc2O)c(S(=O)(=O)Nc2ccc(Cl)cc2)c1. The Morgan fingerprint density at radius 3 is 2.39 bits per heavy atom. The van der Waals surface area contributed by atoms with Gasteiger partial charge in [0.1, 0.15) is 16.4 Å². The number of sulfonamides is 1. The molecule has 12 heteroatoms. The third-order valence-corrected chi connectivity index (χ3v) is 5.64. The molecule has 0 spiro atoms. The van der Waals surface area contributed by atoms with Crippen LogP contribution in [0.15, 0.2) is 70.7 Å². The normalized spacial score (nSPS) is 11.4. The molecule has 3 aromatic rings. The number of benzene rings is 3. The number of hydrogen-bond donors (Lipinski definition) is 4. The van der Waals surface area contributed by atoms with Gasteiger partial charge in [-0.05, 0) is 42.5 Å². The molecule has 0 aliphatic rings. The first-order chi connectivity index (χ1) is 14.7. The summed E-state index contributed by atoms with van der Waals surface area (Å²) >= 11 is 5.80. The van der Waals surface area contributed by atoms with E-state index >= 15 is 0 Å². The van der Waals surface area contributed by atoms with Crippen LogP contribution in [0.5, 0.6) is 11.5 Å². The molecule has 3 aromatic carbocycles. The number of rotatable bonds is 7. The average Bonchev–Trinajstić information content (AvgIpc) is 2.71. The van der Waals surface area contributed by atoms with Crippen LogP contribution >= 0.6 is 11.6 Å². The van der Waals surface area contributed by atoms with Crippen molar-refractivity contribution in [3.05, 3.63) is 81.4 Å². The van der Waals surface area contributed by atoms with Crippen molar-refractivity contribution in [2.24, 2.45) is 5.10 Å². The molecule has 0 radical (unpaired) electrons. The maximum absolute atomic E-state index is 12.9. The second kappa shape index (κ2) is 8.90. The standard InChI is InChI=1S/C19H15ClN4O6S/c20-13-2-4-14(5-3-13)23-31(29,30)19-9-15(24(27)28)6-8-17(19)22-21-11-12-1-7-16(25)10-18(12)26/h1-11,22-23,25-26H. The highest BCUT2D eigenvalue weighted by atomic mass is 35.5. The molecule has 0 amide bonds. The number of non-ortho nitro benzene ring substituents is 1. The number of hydrazone groups is 1. The van der Waals surface area contributed by atoms with Crippen molar-refractivity contribution in [1.29, 1.82) is 0 Å². The summed E-state index contributed by atoms with van der Waals surface area (Å²) in [5, 5.41) is 34.5. The number of nitrogens with zero attached hydrogens (tertiary/aromatic N) is 2. The van der Waals surface area contributed by atoms with E-state index in [1.165, 1.54) is 48.7 Å². The number of nitrogens with one attached hydrogen (secondary N) is 2. The van der Waals surface area contributed by atoms with E-state index in [1.54, 1.807) is 0 Å². The van der Waals surface area contributed by atoms with Gasteiger partial charge >= 0.3 is 0 Å². The Labute approximate surface area is 181 Å². The van der Waals surface area contributed by atoms with E-state index in [2.05, 4.69) is 15.2 Å². The molecule has 0 aliphatic carbocycles. The maximum Gasteiger partial charge on any atom is 0.270 e. The monoisotopic (exact) mass is 462 g/mol. The van der Waals surface area contributed by atoms with Gasteiger partial charge in [0.05, 0.1) is 16.8 Å². The van der Waals surface area contributed by atoms with E-state index in [4.69, 9.17) is 11.6 Å². The summed E-state index contributed by atoms with van der Waals surface area (Å²) in [6, 6.07) is 12.9. The maximum atomic E-state index is 12.9. The van der Waals surface area contributed by atoms with Crippen molar-refractivity contribution in [3.8, 4) is 11.5 Å². The minimum atomic E-state index is -4.24. The molecule has 160 valence electrons. The fraction of sp³-hybridized carbons (Fsp3) is 0. The highest BCUT2D eigenvalue weighted by Gasteiger charge is 2.22. The number of phenolic OH excluding ortho intramolecular Hbond substituents is 2. The van der Waals surface area contributed by atoms with Crippen molar-refractivity contribution in [3.63, 3.8) is 0 Å². The molecule has 0 aliphatic heterocycles. The summed E-state index contributed by atoms with van der Waals surface area (Å²) in [7, 11) is -4.24. The average molecular weight is 463 g/mol. The third kappa shape index (κ3) is 5.41. The molecule has 0 aromatic heterocycles. The third-order valence-electron chi connectivity index (χ3n) is 3.96. The van der Waals surface area contributed by atoms with Gasteiger partial charge in [-0.25, -0.2) is 8.42 Å². The quantitative estimate of drug-likeness (QED) is 0.236. The number of nitro benzene ring substituents is 1. The minimum absolute atomic E-state index is 0.0402. The molecule has 0 unspecified atom stereocenters. The Bertz CT molecular complexity index is 1260. The van der Waals surface area contributed by atoms with Crippen molar-refractivity contribution in [1.82, 2.24) is 0 Å². The number of anilines is 2. The Morgan fingerprint density at radius 1 is 1.03 bits per heavy atom. The zero-order valence-corrected chi connectivity index (χ0v) is 17.1. The van der Waals surface area contributed by atoms with Gasteiger partial charge in [0.2, 0.25) is 0 Å². The summed E-state index contributed by atoms with van der Waals surface area (Å²) in [5.74, 6) is -0.383. The lowest BCUT2D eigenvalue weighted by Gasteiger charge is -2.12. The predicted molar refractivity (Wildman–Crippen MR) is 116 cm³/mol. The molecular weight excluding hydrogens is 448 g/mol. The van der Waals surface area contributed by atoms with Crippen LogP contribution in [0.3, 0.4) is 0 Å². The van der Waals surface area contributed by atoms with Gasteiger partial charge in [-0.1, -0.05) is 11.6 Å². The van der Waals surface area contributed by atoms with E-state index in [9.17, 15) is 28.7 Å². The molecule has 0 heterocycles. The molecule has 0 saturated carbocycles. The highest BCUT2D eigenvalue weighted by Crippen LogP contribution is 2.29. The van der Waals surface area contributed by atoms with Crippen LogP contribution in [-0.2, 0) is 10.0 Å². The Hall–Kier alpha value is -3.83. The van der Waals surface area contributed by atoms with Gasteiger partial charge in [0.25, 0.3) is 15.7 Å². The largest absolute Gasteiger partial charge is 0.508 e. The van der Waals surface area contributed by atoms with Crippen molar-refractivity contribution in [2.45, 2.75) is 4.90 Å². The molecule has 0 atom stereocenters. The van der Waals surface area contributed by atoms with Crippen LogP contribution in [0.2, 0.25) is 5.02 Å². The molecule has 0 saturated heterocycles. The summed E-state index contributed by atoms with van der Waals surface area (Å²) in [6.07, 6.45) is 1.19. The van der Waals surface area contributed by atoms with E-state index in [1.807, 2.05) is 0 Å². The van der Waals surface area contributed by atoms with E-state index in [0.29, 0.717) is 5.02 Å². The highest BCUT2D eigenvalue weighted by molar-refractivity contribution is 7.92. The molecule has 0 fully saturated rings. The van der Waals surface area contributed by atoms with Crippen LogP contribution < -0.4 is 10.1 Å². The number of phenols is 2. The van der Waals surface area contributed by atoms with Crippen molar-refractivity contribution < 1.29 is 23.6 Å². The van der Waals surface area contributed by atoms with Crippen LogP contribution in [0.1, 0.15) is 5.56 Å². The van der Waals surface area contributed by atoms with Gasteiger partial charge in [-0.3, -0.25) is 20.3 Å². The first-order valence-corrected chi connectivity index (χ1v) is 10.4. The first-order valence-electron chi connectivity index (χ1n) is 8.53. The van der Waals surface area contributed by atoms with Crippen LogP contribution in [-0.4, -0.2) is 29.8 Å². The van der Waals surface area contributed by atoms with Gasteiger partial charge in [0.15, 0.2) is 0 Å². The zero-order chi connectivity index (χ0) is 22.6. The summed E-state index contributed by atoms with van der Waals surface area (Å²) in [5.41, 5.74) is 2.49. The second-order valence-corrected chi connectivity index (χ2v) is 8.25. The Kier molecular flexibility index (Phi) is 6.28. The zero-order valence-electron chi connectivity index (χ0n) is 15.6. The van der Waals surface area contributed by atoms with Gasteiger partial charge < -0.3 is 10.2 Å². The van der Waals surface area contributed by atoms with E-state index < -0.39 is 25.5 Å². The minimum Gasteiger partial charge on any atom is -0.508 e. The molecular formula is C19H15ClN4O6S. The van der Waals surface area contributed by atoms with Gasteiger partial charge in [-0.15, -0.1) is 0 Å². The lowest BCUT2D eigenvalue weighted by molar-refractivity contribution is -0.385. The number of nitro groups is 1. The van der Waals surface area contributed by atoms with Crippen LogP contribution in [0.4, 0.5) is 17.1 Å². The van der Waals surface area contributed by atoms with E-state index in [-0.39, 0.29) is 28.4 Å². The van der Waals surface area contributed by atoms with Crippen molar-refractivity contribution in [2.75, 3.05) is 10.1 Å². The van der Waals surface area contributed by atoms with Gasteiger partial charge in [0, 0.05) is 34.5 Å². The first kappa shape index (κ1) is 21.9. The van der Waals surface area contributed by atoms with Gasteiger partial charge in [-0.2, -0.15) is 5.10 Å². The number of aromatic hydroxyl groups is 2. The fourth-order valence-corrected chi connectivity index (χ4v) is 3.84. The summed E-state index contributed by atoms with van der Waals surface area (Å²) < 4.78 is 28.1. The van der Waals surface area contributed by atoms with Crippen LogP contribution in [0.25, 0.3) is 0 Å². The second-order valence-electron chi connectivity index (χ2n) is 6.16. The van der Waals surface area contributed by atoms with Crippen LogP contribution in [0, 0.1) is 10.1 Å². The molecule has 31 heavy (non-hydrogen) atoms. The molecule has 4 N–H and O–H groups in total. The Balaban J connectivity index is 1.94. The topological polar surface area (TPSA) is 154 Å². The summed E-state index contributed by atoms with van der Waals surface area (Å²) in [6.45, 7) is 0. The lowest BCUT2D eigenvalue weighted by atomic mass is 10.2. The smallest absolute Gasteiger partial charge is 0.270 e. The molecule has 0 bridgehead atoms. The number of hydrogen-bond acceptors (Lipinski definition) is 8. The Morgan fingerprint density at radius 2 is 1.74 bits per heavy atom. The van der Waals surface area contributed by atoms with E-state index in [0.717, 1.165) is 18.2 Å². The predicted octanol–water partition coefficient (Wildman–Crippen LogP) is 3.91. The molecule has 10 nitrogen and oxygen atoms in total. The fourth-order valence-electron chi connectivity index (χ4n) is 2.48. The van der Waals surface area contributed by atoms with Crippen molar-refractivity contribution >= 4 is 44.9 Å². The summed E-state index contributed by atoms with van der Waals surface area (Å²) in [4.78, 5) is 10.00.